The molecular weight excluding hydrogens is 290 g/mol. The number of esters is 1. The molecule has 1 amide bonds. The number of rotatable bonds is 5. The number of thiazole rings is 1. The second-order valence-corrected chi connectivity index (χ2v) is 5.82. The number of likely N-dealkylation sites (tertiary alicyclic amines) is 1. The van der Waals surface area contributed by atoms with E-state index in [4.69, 9.17) is 4.74 Å². The number of amides is 1. The highest BCUT2D eigenvalue weighted by molar-refractivity contribution is 7.11. The van der Waals surface area contributed by atoms with Crippen molar-refractivity contribution < 1.29 is 14.3 Å². The summed E-state index contributed by atoms with van der Waals surface area (Å²) in [4.78, 5) is 30.1. The fourth-order valence-electron chi connectivity index (χ4n) is 2.38. The Bertz CT molecular complexity index is 503. The minimum Gasteiger partial charge on any atom is -0.461 e. The van der Waals surface area contributed by atoms with Crippen molar-refractivity contribution in [3.8, 4) is 0 Å². The van der Waals surface area contributed by atoms with E-state index in [1.807, 2.05) is 0 Å². The van der Waals surface area contributed by atoms with Crippen LogP contribution < -0.4 is 5.32 Å². The summed E-state index contributed by atoms with van der Waals surface area (Å²) in [5.74, 6) is -0.693. The van der Waals surface area contributed by atoms with Crippen LogP contribution in [0.2, 0.25) is 0 Å². The number of hydrogen-bond acceptors (Lipinski definition) is 6. The van der Waals surface area contributed by atoms with Crippen LogP contribution in [0.25, 0.3) is 0 Å². The molecule has 1 atom stereocenters. The second kappa shape index (κ2) is 7.51. The second-order valence-electron chi connectivity index (χ2n) is 4.96. The monoisotopic (exact) mass is 311 g/mol. The van der Waals surface area contributed by atoms with Crippen molar-refractivity contribution in [2.75, 3.05) is 26.2 Å². The molecule has 6 nitrogen and oxygen atoms in total. The molecule has 21 heavy (non-hydrogen) atoms. The molecule has 116 valence electrons. The van der Waals surface area contributed by atoms with E-state index in [9.17, 15) is 9.59 Å². The van der Waals surface area contributed by atoms with Crippen LogP contribution in [0.15, 0.2) is 5.38 Å². The smallest absolute Gasteiger partial charge is 0.367 e. The molecule has 2 rings (SSSR count). The largest absolute Gasteiger partial charge is 0.461 e. The predicted octanol–water partition coefficient (Wildman–Crippen LogP) is 1.53. The Kier molecular flexibility index (Phi) is 5.69. The Morgan fingerprint density at radius 1 is 1.52 bits per heavy atom. The normalized spacial score (nSPS) is 19.2. The Balaban J connectivity index is 1.92. The first-order valence-corrected chi connectivity index (χ1v) is 8.17. The highest BCUT2D eigenvalue weighted by Gasteiger charge is 2.22. The van der Waals surface area contributed by atoms with Gasteiger partial charge in [0.25, 0.3) is 5.91 Å². The van der Waals surface area contributed by atoms with Crippen molar-refractivity contribution >= 4 is 23.2 Å². The van der Waals surface area contributed by atoms with E-state index < -0.39 is 5.97 Å². The van der Waals surface area contributed by atoms with Gasteiger partial charge in [0.15, 0.2) is 0 Å². The minimum absolute atomic E-state index is 0.152. The summed E-state index contributed by atoms with van der Waals surface area (Å²) >= 11 is 1.14. The van der Waals surface area contributed by atoms with Crippen LogP contribution in [-0.4, -0.2) is 54.0 Å². The first kappa shape index (κ1) is 15.9. The average molecular weight is 311 g/mol. The molecule has 0 saturated carbocycles. The van der Waals surface area contributed by atoms with Gasteiger partial charge < -0.3 is 15.0 Å². The lowest BCUT2D eigenvalue weighted by Crippen LogP contribution is -2.47. The van der Waals surface area contributed by atoms with Gasteiger partial charge in [-0.1, -0.05) is 6.92 Å². The van der Waals surface area contributed by atoms with Gasteiger partial charge in [-0.25, -0.2) is 9.78 Å². The lowest BCUT2D eigenvalue weighted by Gasteiger charge is -2.32. The molecule has 2 heterocycles. The molecule has 1 saturated heterocycles. The van der Waals surface area contributed by atoms with Gasteiger partial charge in [0.05, 0.1) is 6.61 Å². The molecule has 0 spiro atoms. The number of likely N-dealkylation sites (N-methyl/N-ethyl adjacent to an activating group) is 1. The van der Waals surface area contributed by atoms with Gasteiger partial charge in [0, 0.05) is 18.0 Å². The van der Waals surface area contributed by atoms with E-state index in [1.165, 1.54) is 0 Å². The van der Waals surface area contributed by atoms with Crippen LogP contribution in [0.5, 0.6) is 0 Å². The molecule has 0 bridgehead atoms. The summed E-state index contributed by atoms with van der Waals surface area (Å²) in [7, 11) is 0. The number of nitrogens with zero attached hydrogens (tertiary/aromatic N) is 2. The van der Waals surface area contributed by atoms with Gasteiger partial charge in [-0.15, -0.1) is 11.3 Å². The summed E-state index contributed by atoms with van der Waals surface area (Å²) < 4.78 is 4.87. The molecule has 7 heteroatoms. The summed E-state index contributed by atoms with van der Waals surface area (Å²) in [5, 5.41) is 4.82. The van der Waals surface area contributed by atoms with Gasteiger partial charge >= 0.3 is 5.97 Å². The molecule has 1 aliphatic heterocycles. The molecule has 1 aliphatic rings. The van der Waals surface area contributed by atoms with E-state index in [1.54, 1.807) is 12.3 Å². The lowest BCUT2D eigenvalue weighted by molar-refractivity contribution is 0.0526. The van der Waals surface area contributed by atoms with E-state index in [0.717, 1.165) is 43.8 Å². The zero-order chi connectivity index (χ0) is 15.2. The maximum atomic E-state index is 12.2. The van der Waals surface area contributed by atoms with Crippen molar-refractivity contribution in [3.63, 3.8) is 0 Å². The SMILES string of the molecule is CCOC(=O)c1nc(C(=O)NC2CCCN(CC)C2)cs1. The quantitative estimate of drug-likeness (QED) is 0.835. The van der Waals surface area contributed by atoms with Gasteiger partial charge in [-0.2, -0.15) is 0 Å². The summed E-state index contributed by atoms with van der Waals surface area (Å²) in [6, 6.07) is 0.152. The number of aromatic nitrogens is 1. The topological polar surface area (TPSA) is 71.5 Å². The Morgan fingerprint density at radius 3 is 3.05 bits per heavy atom. The molecule has 0 aliphatic carbocycles. The zero-order valence-corrected chi connectivity index (χ0v) is 13.2. The minimum atomic E-state index is -0.476. The van der Waals surface area contributed by atoms with E-state index in [2.05, 4.69) is 22.1 Å². The number of hydrogen-bond donors (Lipinski definition) is 1. The van der Waals surface area contributed by atoms with E-state index in [0.29, 0.717) is 6.61 Å². The Morgan fingerprint density at radius 2 is 2.33 bits per heavy atom. The van der Waals surface area contributed by atoms with Gasteiger partial charge in [0.2, 0.25) is 5.01 Å². The van der Waals surface area contributed by atoms with Crippen molar-refractivity contribution in [2.24, 2.45) is 0 Å². The molecule has 1 aromatic rings. The third-order valence-corrected chi connectivity index (χ3v) is 4.30. The van der Waals surface area contributed by atoms with Crippen LogP contribution in [0.3, 0.4) is 0 Å². The van der Waals surface area contributed by atoms with Crippen LogP contribution in [-0.2, 0) is 4.74 Å². The number of ether oxygens (including phenoxy) is 1. The molecule has 1 fully saturated rings. The fraction of sp³-hybridized carbons (Fsp3) is 0.643. The Labute approximate surface area is 128 Å². The third-order valence-electron chi connectivity index (χ3n) is 3.47. The van der Waals surface area contributed by atoms with Crippen LogP contribution in [0, 0.1) is 0 Å². The van der Waals surface area contributed by atoms with Crippen molar-refractivity contribution in [1.82, 2.24) is 15.2 Å². The average Bonchev–Trinajstić information content (AvgIpc) is 2.98. The number of nitrogens with one attached hydrogen (secondary N) is 1. The van der Waals surface area contributed by atoms with Gasteiger partial charge in [-0.3, -0.25) is 4.79 Å². The third kappa shape index (κ3) is 4.25. The van der Waals surface area contributed by atoms with E-state index in [-0.39, 0.29) is 22.7 Å². The standard InChI is InChI=1S/C14H21N3O3S/c1-3-17-7-5-6-10(8-17)15-12(18)11-9-21-13(16-11)14(19)20-4-2/h9-10H,3-8H2,1-2H3,(H,15,18). The summed E-state index contributed by atoms with van der Waals surface area (Å²) in [5.41, 5.74) is 0.289. The fourth-order valence-corrected chi connectivity index (χ4v) is 3.07. The van der Waals surface area contributed by atoms with Crippen LogP contribution in [0.1, 0.15) is 47.0 Å². The van der Waals surface area contributed by atoms with Gasteiger partial charge in [0.1, 0.15) is 5.69 Å². The molecule has 0 radical (unpaired) electrons. The highest BCUT2D eigenvalue weighted by atomic mass is 32.1. The summed E-state index contributed by atoms with van der Waals surface area (Å²) in [6.45, 7) is 7.12. The predicted molar refractivity (Wildman–Crippen MR) is 80.7 cm³/mol. The van der Waals surface area contributed by atoms with Crippen molar-refractivity contribution in [3.05, 3.63) is 16.1 Å². The molecular formula is C14H21N3O3S. The summed E-state index contributed by atoms with van der Waals surface area (Å²) in [6.07, 6.45) is 2.07. The molecule has 1 N–H and O–H groups in total. The Hall–Kier alpha value is -1.47. The molecule has 1 unspecified atom stereocenters. The van der Waals surface area contributed by atoms with Crippen LogP contribution in [0.4, 0.5) is 0 Å². The zero-order valence-electron chi connectivity index (χ0n) is 12.4. The highest BCUT2D eigenvalue weighted by Crippen LogP contribution is 2.13. The first-order valence-electron chi connectivity index (χ1n) is 7.29. The first-order chi connectivity index (χ1) is 10.1. The number of piperidine rings is 1. The van der Waals surface area contributed by atoms with Crippen LogP contribution >= 0.6 is 11.3 Å². The maximum absolute atomic E-state index is 12.2. The molecule has 0 aromatic carbocycles. The number of carbonyl (C=O) groups is 2. The number of carbonyl (C=O) groups excluding carboxylic acids is 2. The van der Waals surface area contributed by atoms with Crippen molar-refractivity contribution in [1.29, 1.82) is 0 Å². The lowest BCUT2D eigenvalue weighted by atomic mass is 10.1. The van der Waals surface area contributed by atoms with E-state index >= 15 is 0 Å². The van der Waals surface area contributed by atoms with Gasteiger partial charge in [-0.05, 0) is 32.9 Å². The molecule has 1 aromatic heterocycles. The maximum Gasteiger partial charge on any atom is 0.367 e. The van der Waals surface area contributed by atoms with Crippen molar-refractivity contribution in [2.45, 2.75) is 32.7 Å².